The third-order valence-electron chi connectivity index (χ3n) is 1.01. The molecule has 0 aliphatic rings. The van der Waals surface area contributed by atoms with Gasteiger partial charge < -0.3 is 15.4 Å². The zero-order valence-electron chi connectivity index (χ0n) is 6.00. The first-order valence-electron chi connectivity index (χ1n) is 3.23. The predicted octanol–water partition coefficient (Wildman–Crippen LogP) is -1.01. The van der Waals surface area contributed by atoms with Crippen LogP contribution in [0.4, 0.5) is 0 Å². The van der Waals surface area contributed by atoms with Crippen LogP contribution in [0.3, 0.4) is 0 Å². The molecule has 0 aromatic carbocycles. The number of hydrogen-bond acceptors (Lipinski definition) is 3. The van der Waals surface area contributed by atoms with Crippen molar-refractivity contribution in [3.8, 4) is 0 Å². The standard InChI is InChI=1S/C5H12BNO3/c1-5(8)7-4-2-3-6(9)10/h9-10H,2-4H2,1H3,(H,7,8). The van der Waals surface area contributed by atoms with Gasteiger partial charge in [0, 0.05) is 13.5 Å². The average Bonchev–Trinajstić information content (AvgIpc) is 1.79. The molecule has 0 spiro atoms. The van der Waals surface area contributed by atoms with Crippen LogP contribution in [0, 0.1) is 0 Å². The van der Waals surface area contributed by atoms with Crippen molar-refractivity contribution in [2.75, 3.05) is 6.54 Å². The lowest BCUT2D eigenvalue weighted by Crippen LogP contribution is -2.22. The van der Waals surface area contributed by atoms with E-state index < -0.39 is 7.12 Å². The molecule has 0 aromatic heterocycles. The summed E-state index contributed by atoms with van der Waals surface area (Å²) >= 11 is 0. The summed E-state index contributed by atoms with van der Waals surface area (Å²) in [5.41, 5.74) is 0. The predicted molar refractivity (Wildman–Crippen MR) is 38.3 cm³/mol. The van der Waals surface area contributed by atoms with E-state index in [-0.39, 0.29) is 5.91 Å². The Hall–Kier alpha value is -0.545. The second-order valence-electron chi connectivity index (χ2n) is 2.11. The highest BCUT2D eigenvalue weighted by Crippen LogP contribution is 1.88. The van der Waals surface area contributed by atoms with Gasteiger partial charge >= 0.3 is 7.12 Å². The highest BCUT2D eigenvalue weighted by molar-refractivity contribution is 6.40. The Balaban J connectivity index is 2.98. The van der Waals surface area contributed by atoms with Gasteiger partial charge in [-0.25, -0.2) is 0 Å². The first-order chi connectivity index (χ1) is 4.63. The van der Waals surface area contributed by atoms with Crippen LogP contribution in [0.25, 0.3) is 0 Å². The topological polar surface area (TPSA) is 69.6 Å². The van der Waals surface area contributed by atoms with E-state index in [1.807, 2.05) is 0 Å². The van der Waals surface area contributed by atoms with Crippen LogP contribution in [0.2, 0.25) is 6.32 Å². The van der Waals surface area contributed by atoms with Crippen molar-refractivity contribution in [1.82, 2.24) is 5.32 Å². The van der Waals surface area contributed by atoms with Gasteiger partial charge in [0.1, 0.15) is 0 Å². The molecule has 0 radical (unpaired) electrons. The molecule has 0 atom stereocenters. The molecule has 0 fully saturated rings. The quantitative estimate of drug-likeness (QED) is 0.350. The minimum absolute atomic E-state index is 0.0903. The molecule has 5 heteroatoms. The molecular weight excluding hydrogens is 133 g/mol. The van der Waals surface area contributed by atoms with Gasteiger partial charge in [-0.3, -0.25) is 4.79 Å². The van der Waals surface area contributed by atoms with E-state index in [1.54, 1.807) is 0 Å². The van der Waals surface area contributed by atoms with Crippen LogP contribution >= 0.6 is 0 Å². The largest absolute Gasteiger partial charge is 0.451 e. The first-order valence-corrected chi connectivity index (χ1v) is 3.23. The lowest BCUT2D eigenvalue weighted by atomic mass is 9.84. The van der Waals surface area contributed by atoms with E-state index in [0.29, 0.717) is 19.3 Å². The fourth-order valence-electron chi connectivity index (χ4n) is 0.549. The van der Waals surface area contributed by atoms with Crippen LogP contribution in [0.15, 0.2) is 0 Å². The summed E-state index contributed by atoms with van der Waals surface area (Å²) in [4.78, 5) is 10.3. The number of hydrogen-bond donors (Lipinski definition) is 3. The maximum absolute atomic E-state index is 10.3. The Kier molecular flexibility index (Phi) is 4.97. The molecule has 0 aliphatic carbocycles. The van der Waals surface area contributed by atoms with Crippen molar-refractivity contribution in [1.29, 1.82) is 0 Å². The fourth-order valence-corrected chi connectivity index (χ4v) is 0.549. The van der Waals surface area contributed by atoms with Crippen LogP contribution in [0.5, 0.6) is 0 Å². The number of nitrogens with one attached hydrogen (secondary N) is 1. The zero-order valence-corrected chi connectivity index (χ0v) is 6.00. The molecule has 3 N–H and O–H groups in total. The normalized spacial score (nSPS) is 9.10. The Morgan fingerprint density at radius 2 is 2.20 bits per heavy atom. The second kappa shape index (κ2) is 5.26. The Labute approximate surface area is 60.4 Å². The molecule has 0 saturated carbocycles. The minimum Gasteiger partial charge on any atom is -0.427 e. The molecule has 4 nitrogen and oxygen atoms in total. The fraction of sp³-hybridized carbons (Fsp3) is 0.800. The van der Waals surface area contributed by atoms with E-state index in [0.717, 1.165) is 0 Å². The zero-order chi connectivity index (χ0) is 7.98. The van der Waals surface area contributed by atoms with Gasteiger partial charge in [-0.1, -0.05) is 0 Å². The molecule has 1 amide bonds. The Morgan fingerprint density at radius 1 is 1.60 bits per heavy atom. The maximum Gasteiger partial charge on any atom is 0.451 e. The van der Waals surface area contributed by atoms with E-state index in [1.165, 1.54) is 6.92 Å². The van der Waals surface area contributed by atoms with Gasteiger partial charge in [0.25, 0.3) is 0 Å². The molecule has 0 aromatic rings. The highest BCUT2D eigenvalue weighted by atomic mass is 16.4. The number of rotatable bonds is 4. The molecule has 58 valence electrons. The van der Waals surface area contributed by atoms with Gasteiger partial charge in [-0.05, 0) is 12.7 Å². The number of carbonyl (C=O) groups excluding carboxylic acids is 1. The third-order valence-corrected chi connectivity index (χ3v) is 1.01. The van der Waals surface area contributed by atoms with Gasteiger partial charge in [-0.2, -0.15) is 0 Å². The van der Waals surface area contributed by atoms with Gasteiger partial charge in [0.05, 0.1) is 0 Å². The summed E-state index contributed by atoms with van der Waals surface area (Å²) in [6, 6.07) is 0. The lowest BCUT2D eigenvalue weighted by molar-refractivity contribution is -0.118. The summed E-state index contributed by atoms with van der Waals surface area (Å²) in [6.45, 7) is 1.93. The van der Waals surface area contributed by atoms with Gasteiger partial charge in [0.2, 0.25) is 5.91 Å². The third kappa shape index (κ3) is 7.45. The van der Waals surface area contributed by atoms with Crippen LogP contribution in [0.1, 0.15) is 13.3 Å². The highest BCUT2D eigenvalue weighted by Gasteiger charge is 2.04. The SMILES string of the molecule is CC(=O)NCCCB(O)O. The second-order valence-corrected chi connectivity index (χ2v) is 2.11. The van der Waals surface area contributed by atoms with Gasteiger partial charge in [0.15, 0.2) is 0 Å². The molecule has 10 heavy (non-hydrogen) atoms. The molecule has 0 rings (SSSR count). The van der Waals surface area contributed by atoms with Crippen molar-refractivity contribution in [2.45, 2.75) is 19.7 Å². The minimum atomic E-state index is -1.26. The number of amides is 1. The monoisotopic (exact) mass is 145 g/mol. The van der Waals surface area contributed by atoms with Crippen LogP contribution < -0.4 is 5.32 Å². The Bertz CT molecular complexity index is 107. The molecular formula is C5H12BNO3. The number of carbonyl (C=O) groups is 1. The van der Waals surface area contributed by atoms with Crippen LogP contribution in [-0.2, 0) is 4.79 Å². The van der Waals surface area contributed by atoms with Crippen molar-refractivity contribution in [3.05, 3.63) is 0 Å². The van der Waals surface area contributed by atoms with E-state index in [4.69, 9.17) is 10.0 Å². The molecule has 0 bridgehead atoms. The van der Waals surface area contributed by atoms with Crippen molar-refractivity contribution in [3.63, 3.8) is 0 Å². The average molecular weight is 145 g/mol. The lowest BCUT2D eigenvalue weighted by Gasteiger charge is -1.99. The summed E-state index contributed by atoms with van der Waals surface area (Å²) in [5.74, 6) is -0.0903. The Morgan fingerprint density at radius 3 is 2.60 bits per heavy atom. The summed E-state index contributed by atoms with van der Waals surface area (Å²) < 4.78 is 0. The smallest absolute Gasteiger partial charge is 0.427 e. The van der Waals surface area contributed by atoms with Crippen LogP contribution in [-0.4, -0.2) is 29.6 Å². The maximum atomic E-state index is 10.3. The molecule has 0 aliphatic heterocycles. The van der Waals surface area contributed by atoms with Crippen molar-refractivity contribution >= 4 is 13.0 Å². The first kappa shape index (κ1) is 9.45. The molecule has 0 unspecified atom stereocenters. The molecule has 0 saturated heterocycles. The van der Waals surface area contributed by atoms with Gasteiger partial charge in [-0.15, -0.1) is 0 Å². The van der Waals surface area contributed by atoms with Crippen molar-refractivity contribution < 1.29 is 14.8 Å². The van der Waals surface area contributed by atoms with E-state index >= 15 is 0 Å². The summed E-state index contributed by atoms with van der Waals surface area (Å²) in [7, 11) is -1.26. The van der Waals surface area contributed by atoms with E-state index in [9.17, 15) is 4.79 Å². The summed E-state index contributed by atoms with van der Waals surface area (Å²) in [6.07, 6.45) is 0.900. The summed E-state index contributed by atoms with van der Waals surface area (Å²) in [5, 5.41) is 19.3. The van der Waals surface area contributed by atoms with Crippen molar-refractivity contribution in [2.24, 2.45) is 0 Å². The molecule has 0 heterocycles. The van der Waals surface area contributed by atoms with E-state index in [2.05, 4.69) is 5.32 Å².